The Morgan fingerprint density at radius 3 is 2.58 bits per heavy atom. The first kappa shape index (κ1) is 14.0. The van der Waals surface area contributed by atoms with Gasteiger partial charge in [0.15, 0.2) is 11.9 Å². The van der Waals surface area contributed by atoms with E-state index in [-0.39, 0.29) is 5.56 Å². The van der Waals surface area contributed by atoms with Crippen LogP contribution in [0.15, 0.2) is 15.8 Å². The third kappa shape index (κ3) is 1.84. The van der Waals surface area contributed by atoms with Gasteiger partial charge in [-0.2, -0.15) is 0 Å². The van der Waals surface area contributed by atoms with Crippen molar-refractivity contribution in [3.8, 4) is 0 Å². The van der Waals surface area contributed by atoms with Gasteiger partial charge < -0.3 is 9.84 Å². The standard InChI is InChI=1S/C12H16FN2O4/c1-6-5-15(10(17)14-8(6)16)9-11(3,13)12(4,18)7(2)19-9/h5,7,9,18H,2H2,1,3-4H3,(H,14,16,17)/t7-,9?,11+,12?/m1/s1. The number of aryl methyl sites for hydroxylation is 1. The number of aliphatic hydroxyl groups is 1. The molecule has 1 aromatic rings. The van der Waals surface area contributed by atoms with Crippen LogP contribution in [0.2, 0.25) is 0 Å². The van der Waals surface area contributed by atoms with Crippen LogP contribution >= 0.6 is 0 Å². The second-order valence-corrected chi connectivity index (χ2v) is 5.18. The minimum absolute atomic E-state index is 0.242. The highest BCUT2D eigenvalue weighted by Gasteiger charge is 2.61. The lowest BCUT2D eigenvalue weighted by atomic mass is 9.85. The third-order valence-electron chi connectivity index (χ3n) is 3.77. The van der Waals surface area contributed by atoms with Gasteiger partial charge in [0.25, 0.3) is 5.56 Å². The van der Waals surface area contributed by atoms with E-state index in [1.165, 1.54) is 20.0 Å². The summed E-state index contributed by atoms with van der Waals surface area (Å²) >= 11 is 0. The van der Waals surface area contributed by atoms with E-state index in [1.54, 1.807) is 0 Å². The molecule has 0 aromatic carbocycles. The number of halogens is 1. The van der Waals surface area contributed by atoms with Gasteiger partial charge in [0.05, 0.1) is 6.10 Å². The molecule has 1 aromatic heterocycles. The Balaban J connectivity index is 2.59. The molecule has 105 valence electrons. The van der Waals surface area contributed by atoms with Crippen LogP contribution in [0.5, 0.6) is 0 Å². The van der Waals surface area contributed by atoms with Gasteiger partial charge in [-0.1, -0.05) is 0 Å². The highest BCUT2D eigenvalue weighted by Crippen LogP contribution is 2.47. The predicted octanol–water partition coefficient (Wildman–Crippen LogP) is 0.0557. The zero-order chi connectivity index (χ0) is 14.6. The van der Waals surface area contributed by atoms with Crippen molar-refractivity contribution >= 4 is 0 Å². The summed E-state index contributed by atoms with van der Waals surface area (Å²) in [6.45, 7) is 7.41. The average Bonchev–Trinajstić information content (AvgIpc) is 2.44. The van der Waals surface area contributed by atoms with Gasteiger partial charge in [-0.25, -0.2) is 9.18 Å². The van der Waals surface area contributed by atoms with Crippen LogP contribution in [0.3, 0.4) is 0 Å². The number of alkyl halides is 1. The van der Waals surface area contributed by atoms with Gasteiger partial charge in [-0.3, -0.25) is 14.3 Å². The largest absolute Gasteiger partial charge is 0.384 e. The summed E-state index contributed by atoms with van der Waals surface area (Å²) < 4.78 is 20.9. The lowest BCUT2D eigenvalue weighted by Gasteiger charge is -2.32. The fourth-order valence-corrected chi connectivity index (χ4v) is 2.07. The van der Waals surface area contributed by atoms with Gasteiger partial charge in [-0.05, 0) is 27.7 Å². The highest BCUT2D eigenvalue weighted by atomic mass is 19.1. The summed E-state index contributed by atoms with van der Waals surface area (Å²) in [6.07, 6.45) is -1.18. The van der Waals surface area contributed by atoms with Crippen molar-refractivity contribution in [3.63, 3.8) is 0 Å². The highest BCUT2D eigenvalue weighted by molar-refractivity contribution is 5.11. The molecule has 2 N–H and O–H groups in total. The third-order valence-corrected chi connectivity index (χ3v) is 3.77. The molecular formula is C12H16FN2O4. The molecule has 0 spiro atoms. The molecule has 0 aliphatic carbocycles. The lowest BCUT2D eigenvalue weighted by Crippen LogP contribution is -2.51. The van der Waals surface area contributed by atoms with E-state index in [0.717, 1.165) is 11.5 Å². The summed E-state index contributed by atoms with van der Waals surface area (Å²) in [5, 5.41) is 10.1. The lowest BCUT2D eigenvalue weighted by molar-refractivity contribution is -0.0772. The number of aromatic amines is 1. The van der Waals surface area contributed by atoms with Gasteiger partial charge in [0.2, 0.25) is 0 Å². The van der Waals surface area contributed by atoms with Crippen LogP contribution in [0, 0.1) is 13.8 Å². The van der Waals surface area contributed by atoms with Gasteiger partial charge in [0, 0.05) is 11.8 Å². The zero-order valence-electron chi connectivity index (χ0n) is 10.9. The number of nitrogens with zero attached hydrogens (tertiary/aromatic N) is 1. The maximum absolute atomic E-state index is 14.7. The Morgan fingerprint density at radius 2 is 2.11 bits per heavy atom. The molecule has 4 atom stereocenters. The average molecular weight is 271 g/mol. The number of rotatable bonds is 1. The molecule has 1 aliphatic rings. The second kappa shape index (κ2) is 4.01. The zero-order valence-corrected chi connectivity index (χ0v) is 10.9. The number of nitrogens with one attached hydrogen (secondary N) is 1. The molecule has 1 aliphatic heterocycles. The number of aromatic nitrogens is 2. The first-order valence-corrected chi connectivity index (χ1v) is 5.81. The van der Waals surface area contributed by atoms with Gasteiger partial charge in [0.1, 0.15) is 5.60 Å². The minimum Gasteiger partial charge on any atom is -0.384 e. The molecule has 2 heterocycles. The number of hydrogen-bond acceptors (Lipinski definition) is 4. The molecule has 2 unspecified atom stereocenters. The van der Waals surface area contributed by atoms with E-state index in [0.29, 0.717) is 0 Å². The van der Waals surface area contributed by atoms with Gasteiger partial charge >= 0.3 is 5.69 Å². The maximum Gasteiger partial charge on any atom is 0.330 e. The van der Waals surface area contributed by atoms with E-state index in [2.05, 4.69) is 11.9 Å². The first-order valence-electron chi connectivity index (χ1n) is 5.81. The Labute approximate surface area is 108 Å². The molecular weight excluding hydrogens is 255 g/mol. The first-order chi connectivity index (χ1) is 8.59. The van der Waals surface area contributed by atoms with Crippen LogP contribution in [0.25, 0.3) is 0 Å². The molecule has 0 saturated carbocycles. The Bertz CT molecular complexity index is 617. The van der Waals surface area contributed by atoms with E-state index in [1.807, 2.05) is 0 Å². The van der Waals surface area contributed by atoms with E-state index >= 15 is 0 Å². The molecule has 2 rings (SSSR count). The van der Waals surface area contributed by atoms with Crippen molar-refractivity contribution in [1.29, 1.82) is 0 Å². The quantitative estimate of drug-likeness (QED) is 0.756. The van der Waals surface area contributed by atoms with E-state index < -0.39 is 34.9 Å². The molecule has 1 saturated heterocycles. The summed E-state index contributed by atoms with van der Waals surface area (Å²) in [5.74, 6) is 0. The molecule has 7 heteroatoms. The Morgan fingerprint density at radius 1 is 1.53 bits per heavy atom. The Kier molecular flexibility index (Phi) is 2.94. The number of ether oxygens (including phenoxy) is 1. The van der Waals surface area contributed by atoms with Crippen molar-refractivity contribution in [2.24, 2.45) is 0 Å². The van der Waals surface area contributed by atoms with Crippen LogP contribution in [0.1, 0.15) is 25.6 Å². The minimum atomic E-state index is -2.23. The SMILES string of the molecule is [CH2][C@H]1OC(n2cc(C)c(=O)[nH]c2=O)[C@](C)(F)C1(C)O. The maximum atomic E-state index is 14.7. The topological polar surface area (TPSA) is 84.3 Å². The normalized spacial score (nSPS) is 38.6. The second-order valence-electron chi connectivity index (χ2n) is 5.18. The number of H-pyrrole nitrogens is 1. The summed E-state index contributed by atoms with van der Waals surface area (Å²) in [5.41, 5.74) is -5.17. The molecule has 1 fully saturated rings. The van der Waals surface area contributed by atoms with Crippen LogP contribution in [-0.4, -0.2) is 32.0 Å². The Hall–Kier alpha value is -1.47. The monoisotopic (exact) mass is 271 g/mol. The predicted molar refractivity (Wildman–Crippen MR) is 65.5 cm³/mol. The van der Waals surface area contributed by atoms with Crippen molar-refractivity contribution in [1.82, 2.24) is 9.55 Å². The van der Waals surface area contributed by atoms with E-state index in [4.69, 9.17) is 4.74 Å². The molecule has 0 bridgehead atoms. The van der Waals surface area contributed by atoms with Crippen molar-refractivity contribution < 1.29 is 14.2 Å². The fourth-order valence-electron chi connectivity index (χ4n) is 2.07. The van der Waals surface area contributed by atoms with Crippen LogP contribution < -0.4 is 11.2 Å². The summed E-state index contributed by atoms with van der Waals surface area (Å²) in [6, 6.07) is 0. The smallest absolute Gasteiger partial charge is 0.330 e. The van der Waals surface area contributed by atoms with Gasteiger partial charge in [-0.15, -0.1) is 0 Å². The van der Waals surface area contributed by atoms with Crippen molar-refractivity contribution in [2.75, 3.05) is 0 Å². The molecule has 0 amide bonds. The molecule has 19 heavy (non-hydrogen) atoms. The summed E-state index contributed by atoms with van der Waals surface area (Å²) in [7, 11) is 0. The van der Waals surface area contributed by atoms with Crippen molar-refractivity contribution in [3.05, 3.63) is 39.5 Å². The molecule has 1 radical (unpaired) electrons. The van der Waals surface area contributed by atoms with Crippen LogP contribution in [0.4, 0.5) is 4.39 Å². The molecule has 6 nitrogen and oxygen atoms in total. The summed E-state index contributed by atoms with van der Waals surface area (Å²) in [4.78, 5) is 25.1. The van der Waals surface area contributed by atoms with Crippen molar-refractivity contribution in [2.45, 2.75) is 44.4 Å². The van der Waals surface area contributed by atoms with E-state index in [9.17, 15) is 19.1 Å². The fraction of sp³-hybridized carbons (Fsp3) is 0.583. The van der Waals surface area contributed by atoms with Crippen LogP contribution in [-0.2, 0) is 4.74 Å². The number of hydrogen-bond donors (Lipinski definition) is 2.